The molecule has 74 valence electrons. The van der Waals surface area contributed by atoms with E-state index in [2.05, 4.69) is 4.72 Å². The zero-order chi connectivity index (χ0) is 9.61. The normalized spacial score (nSPS) is 14.6. The Morgan fingerprint density at radius 3 is 2.50 bits per heavy atom. The molecule has 0 spiro atoms. The van der Waals surface area contributed by atoms with E-state index in [9.17, 15) is 8.42 Å². The van der Waals surface area contributed by atoms with Gasteiger partial charge in [-0.1, -0.05) is 0 Å². The summed E-state index contributed by atoms with van der Waals surface area (Å²) in [5.74, 6) is 0.719. The molecule has 0 bridgehead atoms. The first-order chi connectivity index (χ1) is 5.52. The van der Waals surface area contributed by atoms with Crippen molar-refractivity contribution in [2.75, 3.05) is 11.6 Å². The molecule has 1 atom stereocenters. The highest BCUT2D eigenvalue weighted by atomic mass is 35.5. The van der Waals surface area contributed by atoms with Crippen LogP contribution in [0.2, 0.25) is 0 Å². The molecule has 0 aromatic carbocycles. The molecule has 12 heavy (non-hydrogen) atoms. The monoisotopic (exact) mass is 213 g/mol. The lowest BCUT2D eigenvalue weighted by atomic mass is 10.2. The average Bonchev–Trinajstić information content (AvgIpc) is 2.00. The molecule has 0 aliphatic rings. The molecular formula is C7H16ClNO2S. The number of hydrogen-bond acceptors (Lipinski definition) is 2. The van der Waals surface area contributed by atoms with Crippen LogP contribution in [-0.2, 0) is 10.0 Å². The molecule has 0 amide bonds. The van der Waals surface area contributed by atoms with Gasteiger partial charge in [-0.15, -0.1) is 11.6 Å². The fourth-order valence-corrected chi connectivity index (χ4v) is 1.88. The molecule has 0 radical (unpaired) electrons. The van der Waals surface area contributed by atoms with Crippen molar-refractivity contribution < 1.29 is 8.42 Å². The van der Waals surface area contributed by atoms with E-state index in [-0.39, 0.29) is 11.8 Å². The van der Waals surface area contributed by atoms with Crippen LogP contribution in [0.3, 0.4) is 0 Å². The van der Waals surface area contributed by atoms with Crippen LogP contribution >= 0.6 is 11.6 Å². The van der Waals surface area contributed by atoms with Crippen LogP contribution in [0.5, 0.6) is 0 Å². The predicted octanol–water partition coefficient (Wildman–Crippen LogP) is 1.33. The summed E-state index contributed by atoms with van der Waals surface area (Å²) in [6.45, 7) is 3.47. The fraction of sp³-hybridized carbons (Fsp3) is 1.00. The summed E-state index contributed by atoms with van der Waals surface area (Å²) in [7, 11) is -3.04. The Balaban J connectivity index is 3.76. The Bertz CT molecular complexity index is 203. The van der Waals surface area contributed by atoms with Crippen molar-refractivity contribution in [3.8, 4) is 0 Å². The number of nitrogens with one attached hydrogen (secondary N) is 1. The van der Waals surface area contributed by atoms with Gasteiger partial charge in [-0.2, -0.15) is 0 Å². The second kappa shape index (κ2) is 5.78. The minimum atomic E-state index is -3.04. The molecule has 0 heterocycles. The van der Waals surface area contributed by atoms with Crippen LogP contribution in [0, 0.1) is 0 Å². The molecule has 0 aromatic heterocycles. The molecule has 0 aromatic rings. The fourth-order valence-electron chi connectivity index (χ4n) is 0.832. The summed E-state index contributed by atoms with van der Waals surface area (Å²) in [4.78, 5) is 0. The minimum Gasteiger partial charge on any atom is -0.212 e. The molecule has 0 aliphatic carbocycles. The third-order valence-electron chi connectivity index (χ3n) is 1.53. The summed E-state index contributed by atoms with van der Waals surface area (Å²) in [5.41, 5.74) is 0. The van der Waals surface area contributed by atoms with E-state index in [1.807, 2.05) is 6.92 Å². The number of halogens is 1. The summed E-state index contributed by atoms with van der Waals surface area (Å²) >= 11 is 5.47. The van der Waals surface area contributed by atoms with Gasteiger partial charge in [-0.25, -0.2) is 13.1 Å². The highest BCUT2D eigenvalue weighted by Crippen LogP contribution is 1.99. The molecule has 1 unspecified atom stereocenters. The molecule has 3 nitrogen and oxygen atoms in total. The van der Waals surface area contributed by atoms with Crippen LogP contribution in [-0.4, -0.2) is 26.1 Å². The molecule has 1 N–H and O–H groups in total. The van der Waals surface area contributed by atoms with E-state index in [0.29, 0.717) is 5.88 Å². The van der Waals surface area contributed by atoms with E-state index >= 15 is 0 Å². The van der Waals surface area contributed by atoms with E-state index in [1.165, 1.54) is 0 Å². The maximum atomic E-state index is 11.0. The van der Waals surface area contributed by atoms with Crippen molar-refractivity contribution in [1.82, 2.24) is 4.72 Å². The Hall–Kier alpha value is 0.200. The highest BCUT2D eigenvalue weighted by Gasteiger charge is 2.10. The molecule has 0 saturated carbocycles. The zero-order valence-corrected chi connectivity index (χ0v) is 9.08. The topological polar surface area (TPSA) is 46.2 Å². The lowest BCUT2D eigenvalue weighted by molar-refractivity contribution is 0.545. The summed E-state index contributed by atoms with van der Waals surface area (Å²) in [6.07, 6.45) is 1.64. The van der Waals surface area contributed by atoms with Crippen molar-refractivity contribution in [2.24, 2.45) is 0 Å². The molecule has 0 aliphatic heterocycles. The third kappa shape index (κ3) is 5.80. The SMILES string of the molecule is CCS(=O)(=O)NC(C)CCCCl. The average molecular weight is 214 g/mol. The van der Waals surface area contributed by atoms with E-state index in [0.717, 1.165) is 12.8 Å². The van der Waals surface area contributed by atoms with Crippen LogP contribution in [0.25, 0.3) is 0 Å². The number of alkyl halides is 1. The van der Waals surface area contributed by atoms with Gasteiger partial charge < -0.3 is 0 Å². The lowest BCUT2D eigenvalue weighted by Gasteiger charge is -2.11. The minimum absolute atomic E-state index is 0.00583. The molecular weight excluding hydrogens is 198 g/mol. The molecule has 0 saturated heterocycles. The molecule has 5 heteroatoms. The van der Waals surface area contributed by atoms with Gasteiger partial charge in [-0.05, 0) is 26.7 Å². The summed E-state index contributed by atoms with van der Waals surface area (Å²) in [6, 6.07) is -0.00583. The molecule has 0 fully saturated rings. The third-order valence-corrected chi connectivity index (χ3v) is 3.32. The number of hydrogen-bond donors (Lipinski definition) is 1. The largest absolute Gasteiger partial charge is 0.212 e. The van der Waals surface area contributed by atoms with Gasteiger partial charge in [0.2, 0.25) is 10.0 Å². The van der Waals surface area contributed by atoms with Gasteiger partial charge in [0.05, 0.1) is 5.75 Å². The Morgan fingerprint density at radius 2 is 2.08 bits per heavy atom. The highest BCUT2D eigenvalue weighted by molar-refractivity contribution is 7.89. The number of rotatable bonds is 6. The molecule has 0 rings (SSSR count). The van der Waals surface area contributed by atoms with Gasteiger partial charge >= 0.3 is 0 Å². The standard InChI is InChI=1S/C7H16ClNO2S/c1-3-12(10,11)9-7(2)5-4-6-8/h7,9H,3-6H2,1-2H3. The maximum absolute atomic E-state index is 11.0. The summed E-state index contributed by atoms with van der Waals surface area (Å²) in [5, 5.41) is 0. The van der Waals surface area contributed by atoms with Gasteiger partial charge in [0, 0.05) is 11.9 Å². The summed E-state index contributed by atoms with van der Waals surface area (Å²) < 4.78 is 24.6. The zero-order valence-electron chi connectivity index (χ0n) is 7.51. The second-order valence-electron chi connectivity index (χ2n) is 2.75. The van der Waals surface area contributed by atoms with Crippen LogP contribution in [0.15, 0.2) is 0 Å². The van der Waals surface area contributed by atoms with Crippen LogP contribution in [0.1, 0.15) is 26.7 Å². The van der Waals surface area contributed by atoms with Crippen LogP contribution < -0.4 is 4.72 Å². The second-order valence-corrected chi connectivity index (χ2v) is 5.17. The van der Waals surface area contributed by atoms with E-state index in [1.54, 1.807) is 6.92 Å². The van der Waals surface area contributed by atoms with Gasteiger partial charge in [0.25, 0.3) is 0 Å². The van der Waals surface area contributed by atoms with Gasteiger partial charge in [0.1, 0.15) is 0 Å². The Labute approximate surface area is 79.5 Å². The van der Waals surface area contributed by atoms with E-state index in [4.69, 9.17) is 11.6 Å². The van der Waals surface area contributed by atoms with Crippen molar-refractivity contribution in [2.45, 2.75) is 32.7 Å². The first-order valence-corrected chi connectivity index (χ1v) is 6.26. The van der Waals surface area contributed by atoms with Crippen molar-refractivity contribution in [3.63, 3.8) is 0 Å². The predicted molar refractivity (Wildman–Crippen MR) is 52.0 cm³/mol. The Morgan fingerprint density at radius 1 is 1.50 bits per heavy atom. The first-order valence-electron chi connectivity index (χ1n) is 4.07. The smallest absolute Gasteiger partial charge is 0.211 e. The quantitative estimate of drug-likeness (QED) is 0.677. The van der Waals surface area contributed by atoms with Crippen molar-refractivity contribution in [3.05, 3.63) is 0 Å². The number of sulfonamides is 1. The van der Waals surface area contributed by atoms with Crippen LogP contribution in [0.4, 0.5) is 0 Å². The first kappa shape index (κ1) is 12.2. The Kier molecular flexibility index (Phi) is 5.88. The maximum Gasteiger partial charge on any atom is 0.211 e. The van der Waals surface area contributed by atoms with Gasteiger partial charge in [0.15, 0.2) is 0 Å². The van der Waals surface area contributed by atoms with E-state index < -0.39 is 10.0 Å². The van der Waals surface area contributed by atoms with Gasteiger partial charge in [-0.3, -0.25) is 0 Å². The van der Waals surface area contributed by atoms with Crippen molar-refractivity contribution in [1.29, 1.82) is 0 Å². The lowest BCUT2D eigenvalue weighted by Crippen LogP contribution is -2.33. The van der Waals surface area contributed by atoms with Crippen molar-refractivity contribution >= 4 is 21.6 Å².